The Balaban J connectivity index is 0.000000115. The van der Waals surface area contributed by atoms with E-state index in [1.54, 1.807) is 120 Å². The quantitative estimate of drug-likeness (QED) is 0.142. The summed E-state index contributed by atoms with van der Waals surface area (Å²) in [5.41, 5.74) is 43.3. The molecule has 0 nitrogen and oxygen atoms in total. The third kappa shape index (κ3) is 29.0. The molecule has 0 heterocycles. The van der Waals surface area contributed by atoms with Crippen LogP contribution in [0.15, 0.2) is 285 Å². The summed E-state index contributed by atoms with van der Waals surface area (Å²) in [6, 6.07) is 65.5. The number of allylic oxidation sites excluding steroid dienone is 18. The van der Waals surface area contributed by atoms with E-state index >= 15 is 0 Å². The molecule has 8 aromatic carbocycles. The average Bonchev–Trinajstić information content (AvgIpc) is 1.62. The lowest BCUT2D eigenvalue weighted by molar-refractivity contribution is 0.136. The second kappa shape index (κ2) is 50.4. The normalized spacial score (nSPS) is 26.9. The summed E-state index contributed by atoms with van der Waals surface area (Å²) in [4.78, 5) is 0. The van der Waals surface area contributed by atoms with Gasteiger partial charge in [-0.3, -0.25) is 0 Å². The van der Waals surface area contributed by atoms with Gasteiger partial charge in [-0.1, -0.05) is 373 Å². The second-order valence-electron chi connectivity index (χ2n) is 51.6. The molecule has 0 heteroatoms. The molecule has 16 atom stereocenters. The SMILES string of the molecule is CC1=CC2=C(C1)CC(C)=C2.CC1=CC2=C(C1)CC(C)=C2.CC1=CC=C(C)C1.CC1=Cc2cc3cc(C)cc-3ccc2C1.CC1=Cc2ccc(C)cc2C1.CC1=c2ccccc2=C(C)C1.CC1CC2CC3CC(C)CC3C2C1.CC1CC2CC3CC(C)CC3CC2C1.CC1CC2CCC3CC(C)CC3C2C1.Cc1ccc(C)c2c1=CCC=2.Cc1ccc(C)cc1.Cc1ccc2cc(C)ccc2c1.Cc1cccc2c(C)cccc12. The lowest BCUT2D eigenvalue weighted by Crippen LogP contribution is -2.28. The van der Waals surface area contributed by atoms with Crippen molar-refractivity contribution in [1.29, 1.82) is 0 Å². The largest absolute Gasteiger partial charge is 0.0726 e. The van der Waals surface area contributed by atoms with Gasteiger partial charge in [-0.15, -0.1) is 0 Å². The molecule has 0 aliphatic heterocycles. The van der Waals surface area contributed by atoms with Gasteiger partial charge in [0, 0.05) is 0 Å². The van der Waals surface area contributed by atoms with Gasteiger partial charge < -0.3 is 0 Å². The van der Waals surface area contributed by atoms with Gasteiger partial charge in [-0.25, -0.2) is 0 Å². The summed E-state index contributed by atoms with van der Waals surface area (Å²) in [6.07, 6.45) is 60.1. The molecule has 9 fully saturated rings. The monoisotopic (exact) mass is 1970 g/mol. The summed E-state index contributed by atoms with van der Waals surface area (Å²) in [7, 11) is 0. The Labute approximate surface area is 899 Å². The Morgan fingerprint density at radius 2 is 0.581 bits per heavy atom. The molecular formula is C148H188. The highest BCUT2D eigenvalue weighted by Gasteiger charge is 2.51. The topological polar surface area (TPSA) is 0 Å². The van der Waals surface area contributed by atoms with E-state index in [-0.39, 0.29) is 0 Å². The van der Waals surface area contributed by atoms with Crippen LogP contribution in [0.1, 0.15) is 343 Å². The smallest absolute Gasteiger partial charge is 0.00605 e. The van der Waals surface area contributed by atoms with E-state index in [9.17, 15) is 0 Å². The Hall–Kier alpha value is -10.1. The zero-order valence-electron chi connectivity index (χ0n) is 96.9. The van der Waals surface area contributed by atoms with Crippen molar-refractivity contribution in [3.05, 3.63) is 384 Å². The predicted molar refractivity (Wildman–Crippen MR) is 649 cm³/mol. The molecule has 0 aromatic heterocycles. The highest BCUT2D eigenvalue weighted by Crippen LogP contribution is 2.60. The zero-order chi connectivity index (χ0) is 105. The van der Waals surface area contributed by atoms with Gasteiger partial charge in [0.25, 0.3) is 0 Å². The van der Waals surface area contributed by atoms with E-state index in [1.165, 1.54) is 237 Å². The van der Waals surface area contributed by atoms with Crippen LogP contribution in [0.2, 0.25) is 0 Å². The predicted octanol–water partition coefficient (Wildman–Crippen LogP) is 39.1. The first-order chi connectivity index (χ1) is 70.9. The van der Waals surface area contributed by atoms with E-state index in [2.05, 4.69) is 423 Å². The van der Waals surface area contributed by atoms with Crippen molar-refractivity contribution in [3.63, 3.8) is 0 Å². The van der Waals surface area contributed by atoms with Gasteiger partial charge in [0.15, 0.2) is 0 Å². The first-order valence-electron chi connectivity index (χ1n) is 58.8. The van der Waals surface area contributed by atoms with Crippen molar-refractivity contribution in [1.82, 2.24) is 0 Å². The maximum Gasteiger partial charge on any atom is -0.00605 e. The third-order valence-corrected chi connectivity index (χ3v) is 37.3. The molecule has 9 saturated carbocycles. The number of benzene rings is 8. The highest BCUT2D eigenvalue weighted by atomic mass is 14.6. The number of hydrogen-bond donors (Lipinski definition) is 0. The molecule has 780 valence electrons. The van der Waals surface area contributed by atoms with Crippen LogP contribution >= 0.6 is 0 Å². The molecule has 0 bridgehead atoms. The fourth-order valence-electron chi connectivity index (χ4n) is 30.7. The first-order valence-corrected chi connectivity index (χ1v) is 58.8. The van der Waals surface area contributed by atoms with Gasteiger partial charge in [0.2, 0.25) is 0 Å². The molecule has 8 aromatic rings. The van der Waals surface area contributed by atoms with Crippen LogP contribution in [-0.4, -0.2) is 0 Å². The maximum atomic E-state index is 2.48. The van der Waals surface area contributed by atoms with Crippen molar-refractivity contribution < 1.29 is 0 Å². The molecule has 0 saturated heterocycles. The molecule has 20 aliphatic rings. The minimum atomic E-state index is 1.04. The molecule has 16 unspecified atom stereocenters. The van der Waals surface area contributed by atoms with Gasteiger partial charge >= 0.3 is 0 Å². The average molecular weight is 1970 g/mol. The van der Waals surface area contributed by atoms with Crippen LogP contribution in [0.4, 0.5) is 0 Å². The minimum absolute atomic E-state index is 1.04. The van der Waals surface area contributed by atoms with E-state index < -0.39 is 0 Å². The minimum Gasteiger partial charge on any atom is -0.0726 e. The van der Waals surface area contributed by atoms with E-state index in [0.29, 0.717) is 0 Å². The summed E-state index contributed by atoms with van der Waals surface area (Å²) in [5.74, 6) is 20.0. The molecule has 0 spiro atoms. The van der Waals surface area contributed by atoms with Crippen LogP contribution in [0.25, 0.3) is 68.1 Å². The molecule has 148 heavy (non-hydrogen) atoms. The number of hydrogen-bond acceptors (Lipinski definition) is 0. The summed E-state index contributed by atoms with van der Waals surface area (Å²) in [5, 5.41) is 11.2. The van der Waals surface area contributed by atoms with Crippen LogP contribution in [0.5, 0.6) is 0 Å². The number of rotatable bonds is 0. The number of fused-ring (bicyclic) bond motifs is 15. The van der Waals surface area contributed by atoms with Crippen molar-refractivity contribution in [2.45, 2.75) is 347 Å². The third-order valence-electron chi connectivity index (χ3n) is 37.3. The summed E-state index contributed by atoms with van der Waals surface area (Å²) >= 11 is 0. The standard InChI is InChI=1S/C15H14.2C14H24.C13H22.2C12H12.3C11H12.2C10H12.C8H10.C7H10/c1-10-5-12-3-4-13-6-11(2)8-15(13)9-14(12)7-10;1-9-3-11-7-13-5-10(2)6-14(13)8-12(11)4-9;1-9-5-11-3-4-12-6-10(2)8-14(12)13(11)7-9;1-8-3-10-7-11-4-9(2)6-13(11)12(10)5-8;1-9-3-5-12-8-10(2)4-6-11(12)7-9;1-9-5-3-8-12-10(2)6-4-7-11(9)12;1-8-3-4-10-6-9(2)7-11(10)5-8;1-8-6-7-9(2)11-5-3-4-10(8)11;1-8-7-9(2)11-6-4-3-5-10(8)11;2*1-7-3-9-5-8(2)6-10(9)4-7;1-7-3-5-8(2)6-4-7;1-6-3-4-7(2)5-6/h3-5,7-9H,6H2,1-2H3;2*9-14H,3-8H2,1-2H3;8-13H,3-7H2,1-2H3;2*3-8H,1-2H3;3-6H,7H2,1-2H3;4-7H,3H2,1-2H3;3-6H,7H2,1-2H3;2*3,5H,4,6H2,1-2H3;3-6H,1-2H3;3-4H,5H2,1-2H3. The number of aryl methyl sites for hydroxylation is 10. The Morgan fingerprint density at radius 3 is 1.00 bits per heavy atom. The summed E-state index contributed by atoms with van der Waals surface area (Å²) in [6.45, 7) is 58.2. The Kier molecular flexibility index (Phi) is 37.6. The van der Waals surface area contributed by atoms with Gasteiger partial charge in [-0.05, 0) is 533 Å². The molecule has 0 N–H and O–H groups in total. The van der Waals surface area contributed by atoms with E-state index in [0.717, 1.165) is 126 Å². The van der Waals surface area contributed by atoms with E-state index in [1.807, 2.05) is 0 Å². The molecule has 0 amide bonds. The molecule has 0 radical (unpaired) electrons. The first kappa shape index (κ1) is 111. The van der Waals surface area contributed by atoms with Crippen LogP contribution in [0, 0.1) is 176 Å². The van der Waals surface area contributed by atoms with Crippen molar-refractivity contribution in [2.24, 2.45) is 107 Å². The summed E-state index contributed by atoms with van der Waals surface area (Å²) < 4.78 is 0. The second-order valence-corrected chi connectivity index (χ2v) is 51.6. The Bertz CT molecular complexity index is 6560. The lowest BCUT2D eigenvalue weighted by Gasteiger charge is -2.36. The van der Waals surface area contributed by atoms with Gasteiger partial charge in [-0.2, -0.15) is 0 Å². The molecule has 28 rings (SSSR count). The molecule has 20 aliphatic carbocycles. The van der Waals surface area contributed by atoms with Gasteiger partial charge in [0.1, 0.15) is 0 Å². The zero-order valence-corrected chi connectivity index (χ0v) is 96.9. The van der Waals surface area contributed by atoms with Gasteiger partial charge in [0.05, 0.1) is 0 Å². The van der Waals surface area contributed by atoms with Crippen molar-refractivity contribution in [2.75, 3.05) is 0 Å². The van der Waals surface area contributed by atoms with Crippen LogP contribution in [-0.2, 0) is 12.8 Å². The van der Waals surface area contributed by atoms with Crippen molar-refractivity contribution in [3.8, 4) is 11.1 Å². The fraction of sp³-hybridized carbons (Fsp3) is 0.473. The Morgan fingerprint density at radius 1 is 0.223 bits per heavy atom. The maximum absolute atomic E-state index is 2.48. The van der Waals surface area contributed by atoms with E-state index in [4.69, 9.17) is 0 Å². The van der Waals surface area contributed by atoms with Crippen LogP contribution in [0.3, 0.4) is 0 Å². The fourth-order valence-corrected chi connectivity index (χ4v) is 30.7. The van der Waals surface area contributed by atoms with Crippen LogP contribution < -0.4 is 20.9 Å². The highest BCUT2D eigenvalue weighted by molar-refractivity contribution is 5.88. The molecular weight excluding hydrogens is 1780 g/mol. The van der Waals surface area contributed by atoms with Crippen molar-refractivity contribution >= 4 is 57.0 Å². The lowest BCUT2D eigenvalue weighted by atomic mass is 9.69.